The van der Waals surface area contributed by atoms with E-state index in [9.17, 15) is 38.2 Å². The maximum atomic E-state index is 13.7. The number of hydrogen-bond acceptors (Lipinski definition) is 6. The number of benzene rings is 4. The summed E-state index contributed by atoms with van der Waals surface area (Å²) in [7, 11) is 2.89. The Morgan fingerprint density at radius 1 is 0.562 bits per heavy atom. The largest absolute Gasteiger partial charge is 0.481 e. The maximum Gasteiger partial charge on any atom is 0.308 e. The van der Waals surface area contributed by atoms with E-state index in [1.165, 1.54) is 72.4 Å². The van der Waals surface area contributed by atoms with E-state index in [2.05, 4.69) is 0 Å². The van der Waals surface area contributed by atoms with Gasteiger partial charge in [-0.25, -0.2) is 8.78 Å². The Bertz CT molecular complexity index is 1680. The van der Waals surface area contributed by atoms with Crippen LogP contribution in [0.15, 0.2) is 97.1 Å². The predicted octanol–water partition coefficient (Wildman–Crippen LogP) is 5.81. The molecule has 0 bridgehead atoms. The summed E-state index contributed by atoms with van der Waals surface area (Å²) in [6, 6.07) is 24.4. The molecule has 1 aliphatic rings. The molecule has 1 fully saturated rings. The summed E-state index contributed by atoms with van der Waals surface area (Å²) < 4.78 is 38.1. The van der Waals surface area contributed by atoms with Crippen molar-refractivity contribution in [2.45, 2.75) is 13.1 Å². The van der Waals surface area contributed by atoms with Gasteiger partial charge in [0.05, 0.1) is 23.7 Å². The first kappa shape index (κ1) is 33.6. The average Bonchev–Trinajstić information content (AvgIpc) is 3.02. The molecule has 1 saturated carbocycles. The fourth-order valence-electron chi connectivity index (χ4n) is 5.88. The number of halogens is 2. The van der Waals surface area contributed by atoms with E-state index < -0.39 is 59.1 Å². The van der Waals surface area contributed by atoms with Gasteiger partial charge in [0.1, 0.15) is 34.6 Å². The highest BCUT2D eigenvalue weighted by atomic mass is 19.1. The van der Waals surface area contributed by atoms with Crippen LogP contribution in [0.2, 0.25) is 0 Å². The fraction of sp³-hybridized carbons (Fsp3) is 0.222. The molecule has 48 heavy (non-hydrogen) atoms. The van der Waals surface area contributed by atoms with Crippen LogP contribution >= 0.6 is 0 Å². The topological polar surface area (TPSA) is 134 Å². The second kappa shape index (κ2) is 14.3. The van der Waals surface area contributed by atoms with Gasteiger partial charge in [-0.15, -0.1) is 0 Å². The summed E-state index contributed by atoms with van der Waals surface area (Å²) in [6.45, 7) is 0.0231. The quantitative estimate of drug-likeness (QED) is 0.195. The molecule has 4 atom stereocenters. The molecule has 0 spiro atoms. The molecular formula is C36H32F2N2O8. The molecule has 0 aromatic heterocycles. The minimum absolute atomic E-state index is 0.0115. The smallest absolute Gasteiger partial charge is 0.308 e. The number of ether oxygens (including phenoxy) is 2. The number of nitrogens with zero attached hydrogens (tertiary/aromatic N) is 2. The molecule has 12 heteroatoms. The zero-order chi connectivity index (χ0) is 34.5. The van der Waals surface area contributed by atoms with Crippen LogP contribution in [0.25, 0.3) is 0 Å². The first-order valence-corrected chi connectivity index (χ1v) is 14.9. The van der Waals surface area contributed by atoms with Crippen LogP contribution in [0.4, 0.5) is 8.78 Å². The van der Waals surface area contributed by atoms with Crippen molar-refractivity contribution >= 4 is 23.8 Å². The molecule has 4 aromatic carbocycles. The standard InChI is InChI=1S/C36H32F2N2O8/c1-39(19-21-5-3-7-27(17-21)47-25-13-9-23(37)10-14-25)33(41)29-30(32(36(45)46)31(29)35(43)44)34(42)40(2)20-22-6-4-8-28(18-22)48-26-15-11-24(38)12-16-26/h3-18,29-32H,19-20H2,1-2H3,(H,43,44)(H,45,46). The molecule has 248 valence electrons. The van der Waals surface area contributed by atoms with Crippen LogP contribution in [0.3, 0.4) is 0 Å². The lowest BCUT2D eigenvalue weighted by Gasteiger charge is -2.47. The molecule has 2 N–H and O–H groups in total. The fourth-order valence-corrected chi connectivity index (χ4v) is 5.88. The Morgan fingerprint density at radius 3 is 1.25 bits per heavy atom. The van der Waals surface area contributed by atoms with Crippen LogP contribution in [0.5, 0.6) is 23.0 Å². The molecular weight excluding hydrogens is 626 g/mol. The first-order chi connectivity index (χ1) is 22.9. The number of carboxylic acids is 2. The highest BCUT2D eigenvalue weighted by Crippen LogP contribution is 2.48. The number of carbonyl (C=O) groups excluding carboxylic acids is 2. The molecule has 10 nitrogen and oxygen atoms in total. The lowest BCUT2D eigenvalue weighted by Crippen LogP contribution is -2.63. The molecule has 1 aliphatic carbocycles. The van der Waals surface area contributed by atoms with Gasteiger partial charge in [-0.2, -0.15) is 0 Å². The van der Waals surface area contributed by atoms with Crippen molar-refractivity contribution < 1.29 is 47.6 Å². The average molecular weight is 659 g/mol. The van der Waals surface area contributed by atoms with Gasteiger partial charge in [0, 0.05) is 27.2 Å². The number of aliphatic carboxylic acids is 2. The number of carbonyl (C=O) groups is 4. The van der Waals surface area contributed by atoms with Crippen molar-refractivity contribution in [1.82, 2.24) is 9.80 Å². The van der Waals surface area contributed by atoms with Gasteiger partial charge in [-0.05, 0) is 83.9 Å². The number of rotatable bonds is 12. The number of carboxylic acid groups (broad SMARTS) is 2. The molecule has 4 unspecified atom stereocenters. The second-order valence-corrected chi connectivity index (χ2v) is 11.6. The Labute approximate surface area is 274 Å². The van der Waals surface area contributed by atoms with Gasteiger partial charge in [0.25, 0.3) is 0 Å². The highest BCUT2D eigenvalue weighted by Gasteiger charge is 2.64. The van der Waals surface area contributed by atoms with Crippen molar-refractivity contribution in [3.63, 3.8) is 0 Å². The zero-order valence-corrected chi connectivity index (χ0v) is 26.0. The van der Waals surface area contributed by atoms with E-state index in [0.717, 1.165) is 0 Å². The molecule has 0 aliphatic heterocycles. The molecule has 2 amide bonds. The van der Waals surface area contributed by atoms with Crippen molar-refractivity contribution in [3.8, 4) is 23.0 Å². The second-order valence-electron chi connectivity index (χ2n) is 11.6. The van der Waals surface area contributed by atoms with Crippen LogP contribution < -0.4 is 9.47 Å². The lowest BCUT2D eigenvalue weighted by molar-refractivity contribution is -0.187. The van der Waals surface area contributed by atoms with Gasteiger partial charge in [0.15, 0.2) is 0 Å². The normalized spacial score (nSPS) is 18.2. The van der Waals surface area contributed by atoms with Gasteiger partial charge in [-0.3, -0.25) is 19.2 Å². The summed E-state index contributed by atoms with van der Waals surface area (Å²) in [5.41, 5.74) is 1.24. The summed E-state index contributed by atoms with van der Waals surface area (Å²) >= 11 is 0. The third-order valence-corrected chi connectivity index (χ3v) is 8.18. The van der Waals surface area contributed by atoms with E-state index in [-0.39, 0.29) is 13.1 Å². The van der Waals surface area contributed by atoms with Crippen molar-refractivity contribution in [3.05, 3.63) is 120 Å². The van der Waals surface area contributed by atoms with Crippen molar-refractivity contribution in [2.75, 3.05) is 14.1 Å². The monoisotopic (exact) mass is 658 g/mol. The third-order valence-electron chi connectivity index (χ3n) is 8.18. The van der Waals surface area contributed by atoms with Gasteiger partial charge < -0.3 is 29.5 Å². The molecule has 5 rings (SSSR count). The first-order valence-electron chi connectivity index (χ1n) is 14.9. The Morgan fingerprint density at radius 2 is 0.917 bits per heavy atom. The van der Waals surface area contributed by atoms with Crippen LogP contribution in [0.1, 0.15) is 11.1 Å². The highest BCUT2D eigenvalue weighted by molar-refractivity contribution is 5.99. The van der Waals surface area contributed by atoms with Gasteiger partial charge in [0.2, 0.25) is 11.8 Å². The van der Waals surface area contributed by atoms with E-state index >= 15 is 0 Å². The Balaban J connectivity index is 1.30. The van der Waals surface area contributed by atoms with Gasteiger partial charge in [-0.1, -0.05) is 24.3 Å². The van der Waals surface area contributed by atoms with Crippen molar-refractivity contribution in [1.29, 1.82) is 0 Å². The summed E-state index contributed by atoms with van der Waals surface area (Å²) in [4.78, 5) is 54.5. The Hall–Kier alpha value is -5.78. The van der Waals surface area contributed by atoms with Crippen LogP contribution in [0, 0.1) is 35.3 Å². The maximum absolute atomic E-state index is 13.7. The molecule has 0 radical (unpaired) electrons. The predicted molar refractivity (Wildman–Crippen MR) is 168 cm³/mol. The van der Waals surface area contributed by atoms with Gasteiger partial charge >= 0.3 is 11.9 Å². The minimum atomic E-state index is -1.61. The van der Waals surface area contributed by atoms with E-state index in [1.54, 1.807) is 48.5 Å². The van der Waals surface area contributed by atoms with Crippen LogP contribution in [-0.4, -0.2) is 57.9 Å². The van der Waals surface area contributed by atoms with E-state index in [0.29, 0.717) is 34.1 Å². The summed E-state index contributed by atoms with van der Waals surface area (Å²) in [6.07, 6.45) is 0. The number of hydrogen-bond donors (Lipinski definition) is 2. The molecule has 0 saturated heterocycles. The Kier molecular flexibility index (Phi) is 10.0. The van der Waals surface area contributed by atoms with Crippen LogP contribution in [-0.2, 0) is 32.3 Å². The molecule has 0 heterocycles. The summed E-state index contributed by atoms with van der Waals surface area (Å²) in [5.74, 6) is -9.61. The minimum Gasteiger partial charge on any atom is -0.481 e. The third kappa shape index (κ3) is 7.60. The summed E-state index contributed by atoms with van der Waals surface area (Å²) in [5, 5.41) is 19.9. The van der Waals surface area contributed by atoms with E-state index in [4.69, 9.17) is 9.47 Å². The SMILES string of the molecule is CN(Cc1cccc(Oc2ccc(F)cc2)c1)C(=O)C1C(C(=O)O)C(C(=O)O)C1C(=O)N(C)Cc1cccc(Oc2ccc(F)cc2)c1. The number of amides is 2. The lowest BCUT2D eigenvalue weighted by atomic mass is 9.55. The zero-order valence-electron chi connectivity index (χ0n) is 26.0. The van der Waals surface area contributed by atoms with E-state index in [1.807, 2.05) is 0 Å². The van der Waals surface area contributed by atoms with Crippen molar-refractivity contribution in [2.24, 2.45) is 23.7 Å². The molecule has 4 aromatic rings.